The maximum atomic E-state index is 13.5. The van der Waals surface area contributed by atoms with Gasteiger partial charge in [0.25, 0.3) is 5.56 Å². The zero-order valence-electron chi connectivity index (χ0n) is 14.8. The van der Waals surface area contributed by atoms with E-state index in [1.807, 2.05) is 48.5 Å². The van der Waals surface area contributed by atoms with Gasteiger partial charge in [0.15, 0.2) is 0 Å². The number of hydrogen-bond acceptors (Lipinski definition) is 4. The van der Waals surface area contributed by atoms with Crippen LogP contribution in [0.15, 0.2) is 77.7 Å². The molecule has 28 heavy (non-hydrogen) atoms. The lowest BCUT2D eigenvalue weighted by Crippen LogP contribution is -2.20. The Balaban J connectivity index is 1.82. The number of aromatic amines is 1. The van der Waals surface area contributed by atoms with E-state index in [2.05, 4.69) is 15.2 Å². The van der Waals surface area contributed by atoms with Crippen molar-refractivity contribution in [2.75, 3.05) is 0 Å². The zero-order valence-corrected chi connectivity index (χ0v) is 14.8. The van der Waals surface area contributed by atoms with Gasteiger partial charge in [-0.05, 0) is 42.0 Å². The van der Waals surface area contributed by atoms with Crippen LogP contribution in [0, 0.1) is 0 Å². The number of fused-ring (bicyclic) bond motifs is 3. The van der Waals surface area contributed by atoms with Crippen LogP contribution in [0.25, 0.3) is 27.6 Å². The van der Waals surface area contributed by atoms with Crippen LogP contribution in [0.4, 0.5) is 0 Å². The molecule has 0 spiro atoms. The first-order valence-corrected chi connectivity index (χ1v) is 8.92. The van der Waals surface area contributed by atoms with E-state index in [4.69, 9.17) is 0 Å². The van der Waals surface area contributed by atoms with E-state index in [0.29, 0.717) is 28.7 Å². The molecule has 5 aromatic rings. The quantitative estimate of drug-likeness (QED) is 0.510. The Labute approximate surface area is 159 Å². The van der Waals surface area contributed by atoms with Gasteiger partial charge in [-0.3, -0.25) is 14.5 Å². The van der Waals surface area contributed by atoms with E-state index in [1.165, 1.54) is 0 Å². The van der Waals surface area contributed by atoms with Crippen molar-refractivity contribution in [1.29, 1.82) is 0 Å². The second kappa shape index (κ2) is 6.35. The normalized spacial score (nSPS) is 11.3. The minimum absolute atomic E-state index is 0.170. The number of H-pyrrole nitrogens is 1. The lowest BCUT2D eigenvalue weighted by atomic mass is 10.1. The van der Waals surface area contributed by atoms with Crippen LogP contribution in [-0.4, -0.2) is 24.9 Å². The van der Waals surface area contributed by atoms with Crippen molar-refractivity contribution in [3.63, 3.8) is 0 Å². The van der Waals surface area contributed by atoms with E-state index in [0.717, 1.165) is 16.6 Å². The number of nitrogens with zero attached hydrogens (tertiary/aromatic N) is 3. The van der Waals surface area contributed by atoms with Crippen molar-refractivity contribution in [2.24, 2.45) is 0 Å². The summed E-state index contributed by atoms with van der Waals surface area (Å²) in [6.45, 7) is 0. The van der Waals surface area contributed by atoms with E-state index >= 15 is 0 Å². The highest BCUT2D eigenvalue weighted by Gasteiger charge is 2.18. The number of para-hydroxylation sites is 1. The highest BCUT2D eigenvalue weighted by Crippen LogP contribution is 2.25. The molecule has 0 aliphatic carbocycles. The molecule has 3 aromatic heterocycles. The molecule has 0 saturated carbocycles. The molecule has 0 unspecified atom stereocenters. The van der Waals surface area contributed by atoms with Crippen LogP contribution in [0.2, 0.25) is 0 Å². The molecule has 2 N–H and O–H groups in total. The summed E-state index contributed by atoms with van der Waals surface area (Å²) in [6.07, 6.45) is 2.13. The summed E-state index contributed by atoms with van der Waals surface area (Å²) in [5, 5.41) is 18.5. The lowest BCUT2D eigenvalue weighted by molar-refractivity contribution is 0.474. The van der Waals surface area contributed by atoms with Gasteiger partial charge in [-0.15, -0.1) is 0 Å². The van der Waals surface area contributed by atoms with Crippen molar-refractivity contribution in [3.8, 4) is 11.4 Å². The molecular formula is C22H16N4O2. The zero-order chi connectivity index (χ0) is 19.1. The number of hydrogen-bond donors (Lipinski definition) is 2. The summed E-state index contributed by atoms with van der Waals surface area (Å²) >= 11 is 0. The lowest BCUT2D eigenvalue weighted by Gasteiger charge is -2.10. The first-order valence-electron chi connectivity index (χ1n) is 8.92. The van der Waals surface area contributed by atoms with Gasteiger partial charge in [0, 0.05) is 18.0 Å². The van der Waals surface area contributed by atoms with Crippen LogP contribution in [0.5, 0.6) is 5.75 Å². The summed E-state index contributed by atoms with van der Waals surface area (Å²) in [4.78, 5) is 17.9. The van der Waals surface area contributed by atoms with Gasteiger partial charge in [0.1, 0.15) is 16.9 Å². The molecule has 0 radical (unpaired) electrons. The molecule has 6 heteroatoms. The van der Waals surface area contributed by atoms with Crippen LogP contribution in [0.3, 0.4) is 0 Å². The van der Waals surface area contributed by atoms with Gasteiger partial charge in [-0.1, -0.05) is 30.3 Å². The van der Waals surface area contributed by atoms with E-state index < -0.39 is 0 Å². The molecule has 2 aromatic carbocycles. The van der Waals surface area contributed by atoms with Gasteiger partial charge in [-0.25, -0.2) is 4.98 Å². The third-order valence-electron chi connectivity index (χ3n) is 4.82. The molecule has 0 atom stereocenters. The predicted octanol–water partition coefficient (Wildman–Crippen LogP) is 3.56. The van der Waals surface area contributed by atoms with Crippen LogP contribution < -0.4 is 5.56 Å². The number of aromatic hydroxyl groups is 1. The molecule has 0 aliphatic heterocycles. The first kappa shape index (κ1) is 16.3. The fraction of sp³-hybridized carbons (Fsp3) is 0.0455. The average Bonchev–Trinajstić information content (AvgIpc) is 3.13. The van der Waals surface area contributed by atoms with Gasteiger partial charge in [0.05, 0.1) is 16.8 Å². The molecule has 0 saturated heterocycles. The molecule has 3 heterocycles. The highest BCUT2D eigenvalue weighted by molar-refractivity contribution is 6.03. The average molecular weight is 368 g/mol. The fourth-order valence-corrected chi connectivity index (χ4v) is 3.59. The smallest absolute Gasteiger partial charge is 0.268 e. The standard InChI is InChI=1S/C22H16N4O2/c27-16-9-4-6-14(12-16)13-18-19-20(25-24-18)17-10-5-11-23-21(17)26(22(19)28)15-7-2-1-3-8-15/h1-12,27H,13H2,(H,24,25). The fourth-order valence-electron chi connectivity index (χ4n) is 3.59. The number of nitrogens with one attached hydrogen (secondary N) is 1. The molecule has 6 nitrogen and oxygen atoms in total. The monoisotopic (exact) mass is 368 g/mol. The number of pyridine rings is 2. The van der Waals surface area contributed by atoms with Crippen molar-refractivity contribution in [1.82, 2.24) is 19.7 Å². The molecule has 0 fully saturated rings. The number of benzene rings is 2. The van der Waals surface area contributed by atoms with Gasteiger partial charge in [-0.2, -0.15) is 5.10 Å². The molecule has 0 amide bonds. The van der Waals surface area contributed by atoms with Crippen LogP contribution in [0.1, 0.15) is 11.3 Å². The summed E-state index contributed by atoms with van der Waals surface area (Å²) < 4.78 is 1.62. The van der Waals surface area contributed by atoms with E-state index in [1.54, 1.807) is 29.0 Å². The summed E-state index contributed by atoms with van der Waals surface area (Å²) in [7, 11) is 0. The van der Waals surface area contributed by atoms with Crippen molar-refractivity contribution < 1.29 is 5.11 Å². The number of phenolic OH excluding ortho intramolecular Hbond substituents is 1. The molecule has 0 bridgehead atoms. The number of rotatable bonds is 3. The van der Waals surface area contributed by atoms with Crippen LogP contribution >= 0.6 is 0 Å². The number of aromatic nitrogens is 4. The number of phenols is 1. The molecule has 136 valence electrons. The van der Waals surface area contributed by atoms with Crippen LogP contribution in [-0.2, 0) is 6.42 Å². The van der Waals surface area contributed by atoms with E-state index in [-0.39, 0.29) is 11.3 Å². The Kier molecular flexibility index (Phi) is 3.69. The summed E-state index contributed by atoms with van der Waals surface area (Å²) in [5.74, 6) is 0.192. The van der Waals surface area contributed by atoms with Crippen molar-refractivity contribution in [2.45, 2.75) is 6.42 Å². The van der Waals surface area contributed by atoms with Gasteiger partial charge >= 0.3 is 0 Å². The molecule has 0 aliphatic rings. The predicted molar refractivity (Wildman–Crippen MR) is 108 cm³/mol. The Morgan fingerprint density at radius 2 is 1.86 bits per heavy atom. The highest BCUT2D eigenvalue weighted by atomic mass is 16.3. The SMILES string of the molecule is O=c1c2c(Cc3cccc(O)c3)[nH]nc2c2cccnc2n1-c1ccccc1. The second-order valence-corrected chi connectivity index (χ2v) is 6.62. The first-order chi connectivity index (χ1) is 13.7. The summed E-state index contributed by atoms with van der Waals surface area (Å²) in [5.41, 5.74) is 3.36. The largest absolute Gasteiger partial charge is 0.508 e. The van der Waals surface area contributed by atoms with Gasteiger partial charge in [0.2, 0.25) is 0 Å². The maximum absolute atomic E-state index is 13.5. The second-order valence-electron chi connectivity index (χ2n) is 6.62. The Morgan fingerprint density at radius 1 is 1.00 bits per heavy atom. The topological polar surface area (TPSA) is 83.8 Å². The van der Waals surface area contributed by atoms with E-state index in [9.17, 15) is 9.90 Å². The third kappa shape index (κ3) is 2.54. The minimum Gasteiger partial charge on any atom is -0.508 e. The molecule has 5 rings (SSSR count). The minimum atomic E-state index is -0.170. The maximum Gasteiger partial charge on any atom is 0.268 e. The molecular weight excluding hydrogens is 352 g/mol. The van der Waals surface area contributed by atoms with Gasteiger partial charge < -0.3 is 5.11 Å². The third-order valence-corrected chi connectivity index (χ3v) is 4.82. The Hall–Kier alpha value is -3.93. The van der Waals surface area contributed by atoms with Crippen molar-refractivity contribution in [3.05, 3.63) is 94.5 Å². The Morgan fingerprint density at radius 3 is 2.68 bits per heavy atom. The summed E-state index contributed by atoms with van der Waals surface area (Å²) in [6, 6.07) is 20.2. The van der Waals surface area contributed by atoms with Crippen molar-refractivity contribution >= 4 is 21.9 Å². The Bertz CT molecular complexity index is 1370.